The van der Waals surface area contributed by atoms with Crippen LogP contribution < -0.4 is 5.32 Å². The first-order chi connectivity index (χ1) is 7.76. The molecule has 2 heteroatoms. The highest BCUT2D eigenvalue weighted by atomic mass is 16.5. The molecule has 1 atom stereocenters. The van der Waals surface area contributed by atoms with E-state index in [2.05, 4.69) is 43.4 Å². The highest BCUT2D eigenvalue weighted by molar-refractivity contribution is 5.22. The Balaban J connectivity index is 2.52. The summed E-state index contributed by atoms with van der Waals surface area (Å²) in [5.41, 5.74) is 2.73. The first-order valence-electron chi connectivity index (χ1n) is 6.01. The fourth-order valence-corrected chi connectivity index (χ4v) is 1.95. The number of hydrogen-bond acceptors (Lipinski definition) is 2. The predicted octanol–water partition coefficient (Wildman–Crippen LogP) is 2.41. The molecule has 0 saturated heterocycles. The smallest absolute Gasteiger partial charge is 0.0505 e. The fourth-order valence-electron chi connectivity index (χ4n) is 1.95. The molecule has 0 spiro atoms. The normalized spacial score (nSPS) is 12.7. The van der Waals surface area contributed by atoms with Crippen molar-refractivity contribution in [3.63, 3.8) is 0 Å². The van der Waals surface area contributed by atoms with Crippen molar-refractivity contribution in [1.29, 1.82) is 0 Å². The SMILES string of the molecule is CCNCC(COC)Cc1cccc(C)c1. The molecule has 0 fully saturated rings. The summed E-state index contributed by atoms with van der Waals surface area (Å²) in [4.78, 5) is 0. The zero-order chi connectivity index (χ0) is 11.8. The molecule has 1 aromatic carbocycles. The van der Waals surface area contributed by atoms with Crippen molar-refractivity contribution >= 4 is 0 Å². The Morgan fingerprint density at radius 1 is 1.38 bits per heavy atom. The maximum atomic E-state index is 5.26. The van der Waals surface area contributed by atoms with Crippen LogP contribution in [0, 0.1) is 12.8 Å². The summed E-state index contributed by atoms with van der Waals surface area (Å²) in [5.74, 6) is 0.562. The molecule has 0 radical (unpaired) electrons. The summed E-state index contributed by atoms with van der Waals surface area (Å²) in [6.45, 7) is 7.14. The van der Waals surface area contributed by atoms with Gasteiger partial charge >= 0.3 is 0 Å². The van der Waals surface area contributed by atoms with Gasteiger partial charge in [-0.05, 0) is 31.4 Å². The van der Waals surface area contributed by atoms with Gasteiger partial charge in [0.05, 0.1) is 6.61 Å². The second-order valence-corrected chi connectivity index (χ2v) is 4.32. The van der Waals surface area contributed by atoms with Crippen LogP contribution in [-0.4, -0.2) is 26.8 Å². The van der Waals surface area contributed by atoms with Crippen LogP contribution in [0.2, 0.25) is 0 Å². The number of nitrogens with one attached hydrogen (secondary N) is 1. The lowest BCUT2D eigenvalue weighted by Gasteiger charge is -2.16. The Morgan fingerprint density at radius 2 is 2.19 bits per heavy atom. The van der Waals surface area contributed by atoms with Crippen LogP contribution in [0.5, 0.6) is 0 Å². The van der Waals surface area contributed by atoms with Crippen molar-refractivity contribution in [2.24, 2.45) is 5.92 Å². The van der Waals surface area contributed by atoms with Gasteiger partial charge in [0.2, 0.25) is 0 Å². The third-order valence-corrected chi connectivity index (χ3v) is 2.69. The van der Waals surface area contributed by atoms with Crippen molar-refractivity contribution in [2.75, 3.05) is 26.8 Å². The average molecular weight is 221 g/mol. The van der Waals surface area contributed by atoms with Gasteiger partial charge in [-0.25, -0.2) is 0 Å². The molecule has 1 aromatic rings. The largest absolute Gasteiger partial charge is 0.384 e. The first-order valence-corrected chi connectivity index (χ1v) is 6.01. The van der Waals surface area contributed by atoms with E-state index < -0.39 is 0 Å². The third kappa shape index (κ3) is 4.77. The molecular weight excluding hydrogens is 198 g/mol. The number of methoxy groups -OCH3 is 1. The number of benzene rings is 1. The van der Waals surface area contributed by atoms with Crippen LogP contribution in [0.3, 0.4) is 0 Å². The van der Waals surface area contributed by atoms with Gasteiger partial charge in [-0.2, -0.15) is 0 Å². The van der Waals surface area contributed by atoms with Crippen molar-refractivity contribution < 1.29 is 4.74 Å². The third-order valence-electron chi connectivity index (χ3n) is 2.69. The number of aryl methyl sites for hydroxylation is 1. The number of hydrogen-bond donors (Lipinski definition) is 1. The molecule has 0 amide bonds. The Bertz CT molecular complexity index is 299. The van der Waals surface area contributed by atoms with E-state index in [9.17, 15) is 0 Å². The number of ether oxygens (including phenoxy) is 1. The van der Waals surface area contributed by atoms with Gasteiger partial charge in [0.25, 0.3) is 0 Å². The van der Waals surface area contributed by atoms with Crippen LogP contribution in [-0.2, 0) is 11.2 Å². The lowest BCUT2D eigenvalue weighted by molar-refractivity contribution is 0.151. The second kappa shape index (κ2) is 7.42. The Labute approximate surface area is 99.0 Å². The van der Waals surface area contributed by atoms with Crippen LogP contribution in [0.15, 0.2) is 24.3 Å². The molecule has 0 saturated carbocycles. The lowest BCUT2D eigenvalue weighted by atomic mass is 9.99. The van der Waals surface area contributed by atoms with E-state index >= 15 is 0 Å². The molecule has 0 aliphatic heterocycles. The topological polar surface area (TPSA) is 21.3 Å². The zero-order valence-electron chi connectivity index (χ0n) is 10.6. The van der Waals surface area contributed by atoms with Crippen LogP contribution in [0.4, 0.5) is 0 Å². The van der Waals surface area contributed by atoms with E-state index in [-0.39, 0.29) is 0 Å². The van der Waals surface area contributed by atoms with Crippen LogP contribution >= 0.6 is 0 Å². The zero-order valence-corrected chi connectivity index (χ0v) is 10.6. The molecule has 0 bridgehead atoms. The number of rotatable bonds is 7. The Morgan fingerprint density at radius 3 is 2.81 bits per heavy atom. The van der Waals surface area contributed by atoms with E-state index in [4.69, 9.17) is 4.74 Å². The summed E-state index contributed by atoms with van der Waals surface area (Å²) < 4.78 is 5.26. The standard InChI is InChI=1S/C14H23NO/c1-4-15-10-14(11-16-3)9-13-7-5-6-12(2)8-13/h5-8,14-15H,4,9-11H2,1-3H3. The summed E-state index contributed by atoms with van der Waals surface area (Å²) in [7, 11) is 1.77. The van der Waals surface area contributed by atoms with Crippen molar-refractivity contribution in [2.45, 2.75) is 20.3 Å². The van der Waals surface area contributed by atoms with E-state index in [0.717, 1.165) is 26.1 Å². The van der Waals surface area contributed by atoms with Crippen molar-refractivity contribution in [1.82, 2.24) is 5.32 Å². The van der Waals surface area contributed by atoms with Gasteiger partial charge < -0.3 is 10.1 Å². The molecule has 0 aromatic heterocycles. The summed E-state index contributed by atoms with van der Waals surface area (Å²) >= 11 is 0. The van der Waals surface area contributed by atoms with E-state index in [1.54, 1.807) is 7.11 Å². The molecule has 2 nitrogen and oxygen atoms in total. The molecule has 1 rings (SSSR count). The van der Waals surface area contributed by atoms with Gasteiger partial charge in [0.1, 0.15) is 0 Å². The average Bonchev–Trinajstić information content (AvgIpc) is 2.26. The van der Waals surface area contributed by atoms with E-state index in [1.807, 2.05) is 0 Å². The van der Waals surface area contributed by atoms with Crippen molar-refractivity contribution in [3.8, 4) is 0 Å². The maximum Gasteiger partial charge on any atom is 0.0505 e. The Kier molecular flexibility index (Phi) is 6.12. The van der Waals surface area contributed by atoms with Gasteiger partial charge in [-0.3, -0.25) is 0 Å². The van der Waals surface area contributed by atoms with Crippen LogP contribution in [0.1, 0.15) is 18.1 Å². The molecule has 1 unspecified atom stereocenters. The van der Waals surface area contributed by atoms with Gasteiger partial charge in [0, 0.05) is 13.7 Å². The van der Waals surface area contributed by atoms with E-state index in [1.165, 1.54) is 11.1 Å². The maximum absolute atomic E-state index is 5.26. The van der Waals surface area contributed by atoms with E-state index in [0.29, 0.717) is 5.92 Å². The minimum absolute atomic E-state index is 0.562. The molecule has 0 heterocycles. The highest BCUT2D eigenvalue weighted by Crippen LogP contribution is 2.10. The predicted molar refractivity (Wildman–Crippen MR) is 68.8 cm³/mol. The minimum atomic E-state index is 0.562. The highest BCUT2D eigenvalue weighted by Gasteiger charge is 2.08. The molecule has 16 heavy (non-hydrogen) atoms. The van der Waals surface area contributed by atoms with Gasteiger partial charge in [-0.15, -0.1) is 0 Å². The summed E-state index contributed by atoms with van der Waals surface area (Å²) in [6, 6.07) is 8.72. The minimum Gasteiger partial charge on any atom is -0.384 e. The Hall–Kier alpha value is -0.860. The molecule has 90 valence electrons. The fraction of sp³-hybridized carbons (Fsp3) is 0.571. The molecule has 1 N–H and O–H groups in total. The monoisotopic (exact) mass is 221 g/mol. The summed E-state index contributed by atoms with van der Waals surface area (Å²) in [6.07, 6.45) is 1.09. The lowest BCUT2D eigenvalue weighted by Crippen LogP contribution is -2.27. The molecule has 0 aliphatic carbocycles. The van der Waals surface area contributed by atoms with Crippen LogP contribution in [0.25, 0.3) is 0 Å². The molecule has 0 aliphatic rings. The van der Waals surface area contributed by atoms with Crippen molar-refractivity contribution in [3.05, 3.63) is 35.4 Å². The quantitative estimate of drug-likeness (QED) is 0.763. The van der Waals surface area contributed by atoms with Gasteiger partial charge in [-0.1, -0.05) is 36.8 Å². The first kappa shape index (κ1) is 13.2. The molecular formula is C14H23NO. The summed E-state index contributed by atoms with van der Waals surface area (Å²) in [5, 5.41) is 3.39. The second-order valence-electron chi connectivity index (χ2n) is 4.32. The van der Waals surface area contributed by atoms with Gasteiger partial charge in [0.15, 0.2) is 0 Å².